The van der Waals surface area contributed by atoms with Crippen molar-refractivity contribution in [1.82, 2.24) is 15.0 Å². The summed E-state index contributed by atoms with van der Waals surface area (Å²) in [5, 5.41) is 3.24. The van der Waals surface area contributed by atoms with Crippen LogP contribution in [0.2, 0.25) is 0 Å². The summed E-state index contributed by atoms with van der Waals surface area (Å²) >= 11 is 0. The third kappa shape index (κ3) is 2.96. The van der Waals surface area contributed by atoms with Gasteiger partial charge in [-0.25, -0.2) is 4.98 Å². The van der Waals surface area contributed by atoms with Crippen LogP contribution >= 0.6 is 0 Å². The van der Waals surface area contributed by atoms with Crippen LogP contribution < -0.4 is 16.0 Å². The molecule has 0 saturated heterocycles. The number of aromatic nitrogens is 3. The molecule has 3 rings (SSSR count). The molecule has 2 aromatic heterocycles. The molecule has 2 heterocycles. The van der Waals surface area contributed by atoms with E-state index < -0.39 is 11.7 Å². The quantitative estimate of drug-likeness (QED) is 0.743. The van der Waals surface area contributed by atoms with Gasteiger partial charge in [-0.2, -0.15) is 23.1 Å². The zero-order valence-corrected chi connectivity index (χ0v) is 14.4. The number of rotatable bonds is 3. The summed E-state index contributed by atoms with van der Waals surface area (Å²) in [6.45, 7) is 0. The fourth-order valence-corrected chi connectivity index (χ4v) is 2.89. The number of nitrogens with zero attached hydrogens (tertiary/aromatic N) is 4. The van der Waals surface area contributed by atoms with Gasteiger partial charge in [-0.05, 0) is 18.2 Å². The molecule has 0 aliphatic rings. The fraction of sp³-hybridized carbons (Fsp3) is 0.235. The molecule has 136 valence electrons. The first-order valence-electron chi connectivity index (χ1n) is 7.72. The minimum absolute atomic E-state index is 0.0107. The van der Waals surface area contributed by atoms with Crippen LogP contribution in [-0.2, 0) is 6.18 Å². The molecule has 0 amide bonds. The van der Waals surface area contributed by atoms with Gasteiger partial charge < -0.3 is 16.0 Å². The number of pyridine rings is 1. The van der Waals surface area contributed by atoms with E-state index in [1.54, 1.807) is 32.1 Å². The summed E-state index contributed by atoms with van der Waals surface area (Å²) in [6.07, 6.45) is -3.11. The van der Waals surface area contributed by atoms with Gasteiger partial charge in [0, 0.05) is 44.2 Å². The molecule has 0 saturated carbocycles. The highest BCUT2D eigenvalue weighted by molar-refractivity contribution is 6.03. The molecule has 0 aliphatic heterocycles. The Labute approximate surface area is 147 Å². The maximum absolute atomic E-state index is 13.7. The van der Waals surface area contributed by atoms with Crippen molar-refractivity contribution in [2.24, 2.45) is 0 Å². The first-order valence-corrected chi connectivity index (χ1v) is 7.72. The van der Waals surface area contributed by atoms with Gasteiger partial charge in [0.25, 0.3) is 0 Å². The second-order valence-corrected chi connectivity index (χ2v) is 5.83. The largest absolute Gasteiger partial charge is 0.417 e. The van der Waals surface area contributed by atoms with Crippen molar-refractivity contribution in [3.63, 3.8) is 0 Å². The van der Waals surface area contributed by atoms with E-state index in [-0.39, 0.29) is 17.2 Å². The molecule has 0 atom stereocenters. The summed E-state index contributed by atoms with van der Waals surface area (Å²) in [5.41, 5.74) is 5.95. The Bertz CT molecular complexity index is 969. The monoisotopic (exact) mass is 362 g/mol. The highest BCUT2D eigenvalue weighted by Crippen LogP contribution is 2.44. The predicted octanol–water partition coefficient (Wildman–Crippen LogP) is 3.40. The van der Waals surface area contributed by atoms with Crippen molar-refractivity contribution in [2.75, 3.05) is 37.1 Å². The van der Waals surface area contributed by atoms with E-state index in [0.29, 0.717) is 22.5 Å². The highest BCUT2D eigenvalue weighted by Gasteiger charge is 2.35. The number of fused-ring (bicyclic) bond motifs is 1. The van der Waals surface area contributed by atoms with Crippen LogP contribution in [0.5, 0.6) is 0 Å². The van der Waals surface area contributed by atoms with Gasteiger partial charge in [0.1, 0.15) is 5.82 Å². The van der Waals surface area contributed by atoms with E-state index in [4.69, 9.17) is 5.73 Å². The van der Waals surface area contributed by atoms with Gasteiger partial charge in [-0.1, -0.05) is 6.07 Å². The molecule has 3 N–H and O–H groups in total. The van der Waals surface area contributed by atoms with Crippen molar-refractivity contribution in [3.8, 4) is 11.1 Å². The van der Waals surface area contributed by atoms with Gasteiger partial charge in [0.15, 0.2) is 5.65 Å². The molecule has 0 radical (unpaired) electrons. The number of halogens is 3. The van der Waals surface area contributed by atoms with Crippen LogP contribution in [0.4, 0.5) is 30.6 Å². The Morgan fingerprint density at radius 3 is 2.46 bits per heavy atom. The van der Waals surface area contributed by atoms with Gasteiger partial charge in [-0.3, -0.25) is 0 Å². The predicted molar refractivity (Wildman–Crippen MR) is 96.1 cm³/mol. The van der Waals surface area contributed by atoms with E-state index in [2.05, 4.69) is 20.3 Å². The number of hydrogen-bond acceptors (Lipinski definition) is 6. The summed E-state index contributed by atoms with van der Waals surface area (Å²) in [7, 11) is 4.99. The molecule has 0 unspecified atom stereocenters. The van der Waals surface area contributed by atoms with Crippen LogP contribution in [0, 0.1) is 0 Å². The molecule has 26 heavy (non-hydrogen) atoms. The third-order valence-electron chi connectivity index (χ3n) is 3.95. The average Bonchev–Trinajstić information content (AvgIpc) is 2.58. The highest BCUT2D eigenvalue weighted by atomic mass is 19.4. The van der Waals surface area contributed by atoms with E-state index in [1.807, 2.05) is 0 Å². The first-order chi connectivity index (χ1) is 12.2. The zero-order chi connectivity index (χ0) is 19.1. The third-order valence-corrected chi connectivity index (χ3v) is 3.95. The Hall–Kier alpha value is -3.10. The van der Waals surface area contributed by atoms with E-state index in [0.717, 1.165) is 6.07 Å². The number of hydrogen-bond donors (Lipinski definition) is 2. The van der Waals surface area contributed by atoms with Gasteiger partial charge in [0.05, 0.1) is 10.9 Å². The van der Waals surface area contributed by atoms with Crippen LogP contribution in [0.25, 0.3) is 22.2 Å². The van der Waals surface area contributed by atoms with Crippen molar-refractivity contribution in [1.29, 1.82) is 0 Å². The molecule has 0 spiro atoms. The van der Waals surface area contributed by atoms with Crippen molar-refractivity contribution in [3.05, 3.63) is 36.0 Å². The lowest BCUT2D eigenvalue weighted by Gasteiger charge is -2.23. The minimum atomic E-state index is -4.52. The lowest BCUT2D eigenvalue weighted by molar-refractivity contribution is -0.137. The number of alkyl halides is 3. The topological polar surface area (TPSA) is 80.0 Å². The summed E-state index contributed by atoms with van der Waals surface area (Å²) < 4.78 is 41.2. The second-order valence-electron chi connectivity index (χ2n) is 5.83. The summed E-state index contributed by atoms with van der Waals surface area (Å²) in [5.74, 6) is 0.306. The Balaban J connectivity index is 2.48. The van der Waals surface area contributed by atoms with Crippen molar-refractivity contribution < 1.29 is 13.2 Å². The number of benzene rings is 1. The zero-order valence-electron chi connectivity index (χ0n) is 14.4. The van der Waals surface area contributed by atoms with Crippen LogP contribution in [0.15, 0.2) is 30.5 Å². The molecule has 0 fully saturated rings. The van der Waals surface area contributed by atoms with Crippen LogP contribution in [-0.4, -0.2) is 36.1 Å². The van der Waals surface area contributed by atoms with E-state index in [9.17, 15) is 13.2 Å². The maximum Gasteiger partial charge on any atom is 0.417 e. The number of anilines is 3. The molecular formula is C17H17F3N6. The molecule has 1 aromatic carbocycles. The lowest BCUT2D eigenvalue weighted by Crippen LogP contribution is -2.15. The number of nitrogens with one attached hydrogen (secondary N) is 1. The Kier molecular flexibility index (Phi) is 4.31. The van der Waals surface area contributed by atoms with Gasteiger partial charge in [-0.15, -0.1) is 0 Å². The normalized spacial score (nSPS) is 11.6. The SMILES string of the molecule is CNc1nc(N)nc2nccc(-c3c(N(C)C)cccc3C(F)(F)F)c12. The number of nitrogen functional groups attached to an aromatic ring is 1. The minimum Gasteiger partial charge on any atom is -0.377 e. The van der Waals surface area contributed by atoms with Crippen LogP contribution in [0.3, 0.4) is 0 Å². The van der Waals surface area contributed by atoms with Crippen molar-refractivity contribution in [2.45, 2.75) is 6.18 Å². The van der Waals surface area contributed by atoms with E-state index >= 15 is 0 Å². The van der Waals surface area contributed by atoms with Crippen LogP contribution in [0.1, 0.15) is 5.56 Å². The first kappa shape index (κ1) is 17.7. The van der Waals surface area contributed by atoms with Gasteiger partial charge in [0.2, 0.25) is 5.95 Å². The Morgan fingerprint density at radius 1 is 1.12 bits per heavy atom. The van der Waals surface area contributed by atoms with Gasteiger partial charge >= 0.3 is 6.18 Å². The summed E-state index contributed by atoms with van der Waals surface area (Å²) in [6, 6.07) is 5.61. The lowest BCUT2D eigenvalue weighted by atomic mass is 9.95. The summed E-state index contributed by atoms with van der Waals surface area (Å²) in [4.78, 5) is 13.9. The molecular weight excluding hydrogens is 345 g/mol. The van der Waals surface area contributed by atoms with Crippen molar-refractivity contribution >= 4 is 28.5 Å². The molecule has 0 aliphatic carbocycles. The fourth-order valence-electron chi connectivity index (χ4n) is 2.89. The standard InChI is InChI=1S/C17H17F3N6/c1-22-14-13-9(7-8-23-15(13)25-16(21)24-14)12-10(17(18,19)20)5-4-6-11(12)26(2)3/h4-8H,1-3H3,(H3,21,22,23,24,25). The molecule has 9 heteroatoms. The molecule has 3 aromatic rings. The average molecular weight is 362 g/mol. The molecule has 0 bridgehead atoms. The Morgan fingerprint density at radius 2 is 1.85 bits per heavy atom. The smallest absolute Gasteiger partial charge is 0.377 e. The maximum atomic E-state index is 13.7. The van der Waals surface area contributed by atoms with E-state index in [1.165, 1.54) is 18.3 Å². The second kappa shape index (κ2) is 6.32. The number of nitrogens with two attached hydrogens (primary N) is 1. The molecule has 6 nitrogen and oxygen atoms in total.